The molecule has 1 aromatic rings. The van der Waals surface area contributed by atoms with Crippen LogP contribution in [-0.4, -0.2) is 13.7 Å². The zero-order chi connectivity index (χ0) is 13.8. The van der Waals surface area contributed by atoms with Crippen molar-refractivity contribution in [3.8, 4) is 5.75 Å². The Bertz CT molecular complexity index is 372. The van der Waals surface area contributed by atoms with Crippen LogP contribution in [0.4, 0.5) is 0 Å². The van der Waals surface area contributed by atoms with Crippen LogP contribution in [0.2, 0.25) is 0 Å². The molecule has 2 nitrogen and oxygen atoms in total. The van der Waals surface area contributed by atoms with Crippen LogP contribution in [0.15, 0.2) is 18.2 Å². The lowest BCUT2D eigenvalue weighted by molar-refractivity contribution is 0.360. The Kier molecular flexibility index (Phi) is 5.21. The zero-order valence-electron chi connectivity index (χ0n) is 12.4. The average Bonchev–Trinajstić information content (AvgIpc) is 2.41. The minimum absolute atomic E-state index is 0.0425. The molecule has 2 heteroatoms. The van der Waals surface area contributed by atoms with Gasteiger partial charge in [0.25, 0.3) is 0 Å². The monoisotopic (exact) mass is 249 g/mol. The summed E-state index contributed by atoms with van der Waals surface area (Å²) in [6.07, 6.45) is 2.08. The van der Waals surface area contributed by atoms with Gasteiger partial charge in [0.2, 0.25) is 0 Å². The number of ether oxygens (including phenoxy) is 1. The van der Waals surface area contributed by atoms with Crippen LogP contribution in [0.25, 0.3) is 0 Å². The van der Waals surface area contributed by atoms with E-state index in [0.29, 0.717) is 12.5 Å². The third kappa shape index (κ3) is 2.69. The molecule has 0 saturated carbocycles. The van der Waals surface area contributed by atoms with Crippen molar-refractivity contribution < 1.29 is 4.74 Å². The minimum Gasteiger partial charge on any atom is -0.496 e. The number of benzene rings is 1. The van der Waals surface area contributed by atoms with E-state index in [9.17, 15) is 0 Å². The van der Waals surface area contributed by atoms with Crippen LogP contribution in [0.3, 0.4) is 0 Å². The molecule has 0 bridgehead atoms. The summed E-state index contributed by atoms with van der Waals surface area (Å²) < 4.78 is 5.59. The standard InChI is InChI=1S/C16H27NO/c1-6-16(7-2,11-17)14-9-8-13(12(3)4)10-15(14)18-5/h8-10,12H,6-7,11,17H2,1-5H3. The third-order valence-corrected chi connectivity index (χ3v) is 4.21. The predicted octanol–water partition coefficient (Wildman–Crippen LogP) is 3.84. The van der Waals surface area contributed by atoms with Gasteiger partial charge in [-0.1, -0.05) is 39.8 Å². The van der Waals surface area contributed by atoms with E-state index in [1.807, 2.05) is 0 Å². The highest BCUT2D eigenvalue weighted by Crippen LogP contribution is 2.38. The van der Waals surface area contributed by atoms with Gasteiger partial charge in [0.1, 0.15) is 5.75 Å². The van der Waals surface area contributed by atoms with Gasteiger partial charge in [-0.2, -0.15) is 0 Å². The molecule has 0 unspecified atom stereocenters. The Labute approximate surface area is 112 Å². The second kappa shape index (κ2) is 6.24. The summed E-state index contributed by atoms with van der Waals surface area (Å²) in [6, 6.07) is 6.57. The Morgan fingerprint density at radius 2 is 1.83 bits per heavy atom. The molecule has 1 aromatic carbocycles. The third-order valence-electron chi connectivity index (χ3n) is 4.21. The molecule has 0 aliphatic rings. The molecule has 0 fully saturated rings. The number of nitrogens with two attached hydrogens (primary N) is 1. The maximum absolute atomic E-state index is 6.03. The maximum Gasteiger partial charge on any atom is 0.122 e. The normalized spacial score (nSPS) is 11.9. The molecule has 102 valence electrons. The topological polar surface area (TPSA) is 35.2 Å². The van der Waals surface area contributed by atoms with Crippen molar-refractivity contribution in [1.29, 1.82) is 0 Å². The second-order valence-electron chi connectivity index (χ2n) is 5.31. The predicted molar refractivity (Wildman–Crippen MR) is 78.4 cm³/mol. The van der Waals surface area contributed by atoms with Gasteiger partial charge >= 0.3 is 0 Å². The molecule has 0 amide bonds. The summed E-state index contributed by atoms with van der Waals surface area (Å²) in [5.41, 5.74) is 8.63. The van der Waals surface area contributed by atoms with Gasteiger partial charge in [-0.05, 0) is 30.4 Å². The summed E-state index contributed by atoms with van der Waals surface area (Å²) in [5.74, 6) is 1.50. The molecule has 0 saturated heterocycles. The van der Waals surface area contributed by atoms with Crippen molar-refractivity contribution in [1.82, 2.24) is 0 Å². The van der Waals surface area contributed by atoms with E-state index in [2.05, 4.69) is 45.9 Å². The lowest BCUT2D eigenvalue weighted by atomic mass is 9.75. The van der Waals surface area contributed by atoms with Crippen LogP contribution in [-0.2, 0) is 5.41 Å². The fourth-order valence-electron chi connectivity index (χ4n) is 2.53. The second-order valence-corrected chi connectivity index (χ2v) is 5.31. The molecule has 18 heavy (non-hydrogen) atoms. The molecule has 0 heterocycles. The Hall–Kier alpha value is -1.02. The molecule has 0 atom stereocenters. The van der Waals surface area contributed by atoms with Gasteiger partial charge in [0, 0.05) is 17.5 Å². The van der Waals surface area contributed by atoms with E-state index in [1.165, 1.54) is 11.1 Å². The van der Waals surface area contributed by atoms with Gasteiger partial charge in [-0.25, -0.2) is 0 Å². The first-order chi connectivity index (χ1) is 8.54. The molecular weight excluding hydrogens is 222 g/mol. The van der Waals surface area contributed by atoms with Crippen molar-refractivity contribution >= 4 is 0 Å². The fourth-order valence-corrected chi connectivity index (χ4v) is 2.53. The summed E-state index contributed by atoms with van der Waals surface area (Å²) >= 11 is 0. The van der Waals surface area contributed by atoms with Crippen molar-refractivity contribution in [2.24, 2.45) is 5.73 Å². The lowest BCUT2D eigenvalue weighted by Gasteiger charge is -2.32. The first-order valence-corrected chi connectivity index (χ1v) is 6.93. The van der Waals surface area contributed by atoms with Crippen molar-refractivity contribution in [3.63, 3.8) is 0 Å². The average molecular weight is 249 g/mol. The summed E-state index contributed by atoms with van der Waals surface area (Å²) in [4.78, 5) is 0. The van der Waals surface area contributed by atoms with E-state index in [0.717, 1.165) is 18.6 Å². The van der Waals surface area contributed by atoms with Gasteiger partial charge in [0.05, 0.1) is 7.11 Å². The number of hydrogen-bond acceptors (Lipinski definition) is 2. The summed E-state index contributed by atoms with van der Waals surface area (Å²) in [5, 5.41) is 0. The highest BCUT2D eigenvalue weighted by atomic mass is 16.5. The molecule has 2 N–H and O–H groups in total. The van der Waals surface area contributed by atoms with Gasteiger partial charge in [-0.3, -0.25) is 0 Å². The van der Waals surface area contributed by atoms with E-state index < -0.39 is 0 Å². The van der Waals surface area contributed by atoms with Crippen LogP contribution in [0, 0.1) is 0 Å². The van der Waals surface area contributed by atoms with Crippen molar-refractivity contribution in [2.75, 3.05) is 13.7 Å². The lowest BCUT2D eigenvalue weighted by Crippen LogP contribution is -2.34. The molecule has 1 rings (SSSR count). The first kappa shape index (κ1) is 15.0. The zero-order valence-corrected chi connectivity index (χ0v) is 12.4. The van der Waals surface area contributed by atoms with Crippen LogP contribution in [0.1, 0.15) is 57.6 Å². The smallest absolute Gasteiger partial charge is 0.122 e. The molecular formula is C16H27NO. The van der Waals surface area contributed by atoms with Crippen LogP contribution < -0.4 is 10.5 Å². The SMILES string of the molecule is CCC(CC)(CN)c1ccc(C(C)C)cc1OC. The molecule has 0 spiro atoms. The number of methoxy groups -OCH3 is 1. The quantitative estimate of drug-likeness (QED) is 0.831. The first-order valence-electron chi connectivity index (χ1n) is 6.93. The van der Waals surface area contributed by atoms with E-state index >= 15 is 0 Å². The largest absolute Gasteiger partial charge is 0.496 e. The Morgan fingerprint density at radius 1 is 1.22 bits per heavy atom. The van der Waals surface area contributed by atoms with Gasteiger partial charge in [-0.15, -0.1) is 0 Å². The van der Waals surface area contributed by atoms with Crippen molar-refractivity contribution in [2.45, 2.75) is 51.9 Å². The van der Waals surface area contributed by atoms with Gasteiger partial charge < -0.3 is 10.5 Å². The number of rotatable bonds is 6. The molecule has 0 aliphatic heterocycles. The maximum atomic E-state index is 6.03. The highest BCUT2D eigenvalue weighted by Gasteiger charge is 2.30. The van der Waals surface area contributed by atoms with Crippen LogP contribution >= 0.6 is 0 Å². The van der Waals surface area contributed by atoms with E-state index in [-0.39, 0.29) is 5.41 Å². The molecule has 0 aliphatic carbocycles. The molecule has 0 radical (unpaired) electrons. The van der Waals surface area contributed by atoms with E-state index in [4.69, 9.17) is 10.5 Å². The summed E-state index contributed by atoms with van der Waals surface area (Å²) in [7, 11) is 1.75. The summed E-state index contributed by atoms with van der Waals surface area (Å²) in [6.45, 7) is 9.46. The van der Waals surface area contributed by atoms with Crippen LogP contribution in [0.5, 0.6) is 5.75 Å². The van der Waals surface area contributed by atoms with E-state index in [1.54, 1.807) is 7.11 Å². The molecule has 0 aromatic heterocycles. The van der Waals surface area contributed by atoms with Gasteiger partial charge in [0.15, 0.2) is 0 Å². The Morgan fingerprint density at radius 3 is 2.22 bits per heavy atom. The highest BCUT2D eigenvalue weighted by molar-refractivity contribution is 5.43. The number of hydrogen-bond donors (Lipinski definition) is 1. The Balaban J connectivity index is 3.31. The van der Waals surface area contributed by atoms with Crippen molar-refractivity contribution in [3.05, 3.63) is 29.3 Å². The minimum atomic E-state index is 0.0425. The fraction of sp³-hybridized carbons (Fsp3) is 0.625.